The average molecular weight is 369 g/mol. The average Bonchev–Trinajstić information content (AvgIpc) is 2.74. The van der Waals surface area contributed by atoms with Crippen LogP contribution in [-0.4, -0.2) is 24.7 Å². The van der Waals surface area contributed by atoms with Crippen molar-refractivity contribution in [1.82, 2.24) is 5.32 Å². The van der Waals surface area contributed by atoms with Gasteiger partial charge in [-0.25, -0.2) is 0 Å². The third kappa shape index (κ3) is 2.67. The Hall–Kier alpha value is 0.0900. The van der Waals surface area contributed by atoms with E-state index < -0.39 is 0 Å². The number of thiophene rings is 1. The Bertz CT molecular complexity index is 408. The summed E-state index contributed by atoms with van der Waals surface area (Å²) in [5.74, 6) is -0.0452. The Kier molecular flexibility index (Phi) is 4.05. The van der Waals surface area contributed by atoms with Gasteiger partial charge >= 0.3 is 0 Å². The smallest absolute Gasteiger partial charge is 0.253 e. The molecule has 1 aliphatic heterocycles. The van der Waals surface area contributed by atoms with Gasteiger partial charge in [0.1, 0.15) is 0 Å². The summed E-state index contributed by atoms with van der Waals surface area (Å²) in [6.07, 6.45) is 0.986. The number of ether oxygens (including phenoxy) is 1. The molecule has 2 unspecified atom stereocenters. The Morgan fingerprint density at radius 2 is 2.38 bits per heavy atom. The number of halogens is 2. The summed E-state index contributed by atoms with van der Waals surface area (Å²) in [5.41, 5.74) is 0.677. The van der Waals surface area contributed by atoms with Crippen LogP contribution in [0.3, 0.4) is 0 Å². The van der Waals surface area contributed by atoms with Crippen molar-refractivity contribution < 1.29 is 9.53 Å². The molecular formula is C10H11Br2NO2S. The number of rotatable bonds is 2. The lowest BCUT2D eigenvalue weighted by Gasteiger charge is -2.15. The van der Waals surface area contributed by atoms with E-state index in [1.165, 1.54) is 11.3 Å². The van der Waals surface area contributed by atoms with Gasteiger partial charge in [0.2, 0.25) is 0 Å². The van der Waals surface area contributed by atoms with Crippen LogP contribution < -0.4 is 5.32 Å². The zero-order chi connectivity index (χ0) is 11.7. The second-order valence-electron chi connectivity index (χ2n) is 3.68. The predicted octanol–water partition coefficient (Wildman–Crippen LogP) is 3.18. The minimum atomic E-state index is -0.0452. The fourth-order valence-electron chi connectivity index (χ4n) is 1.66. The van der Waals surface area contributed by atoms with Crippen molar-refractivity contribution in [2.24, 2.45) is 0 Å². The highest BCUT2D eigenvalue weighted by Crippen LogP contribution is 2.32. The monoisotopic (exact) mass is 367 g/mol. The zero-order valence-corrected chi connectivity index (χ0v) is 12.6. The maximum atomic E-state index is 12.0. The molecule has 2 heterocycles. The highest BCUT2D eigenvalue weighted by Gasteiger charge is 2.26. The van der Waals surface area contributed by atoms with Gasteiger partial charge in [-0.1, -0.05) is 0 Å². The lowest BCUT2D eigenvalue weighted by Crippen LogP contribution is -2.39. The first kappa shape index (κ1) is 12.5. The number of carbonyl (C=O) groups excluding carboxylic acids is 1. The fraction of sp³-hybridized carbons (Fsp3) is 0.500. The summed E-state index contributed by atoms with van der Waals surface area (Å²) in [6.45, 7) is 2.71. The lowest BCUT2D eigenvalue weighted by molar-refractivity contribution is 0.0866. The molecule has 0 aromatic carbocycles. The van der Waals surface area contributed by atoms with E-state index in [0.717, 1.165) is 20.6 Å². The van der Waals surface area contributed by atoms with E-state index in [0.29, 0.717) is 5.56 Å². The van der Waals surface area contributed by atoms with E-state index in [1.807, 2.05) is 13.0 Å². The topological polar surface area (TPSA) is 38.3 Å². The minimum Gasteiger partial charge on any atom is -0.376 e. The van der Waals surface area contributed by atoms with Crippen molar-refractivity contribution in [3.05, 3.63) is 19.2 Å². The Morgan fingerprint density at radius 1 is 1.62 bits per heavy atom. The van der Waals surface area contributed by atoms with Crippen molar-refractivity contribution in [2.75, 3.05) is 6.61 Å². The largest absolute Gasteiger partial charge is 0.376 e. The van der Waals surface area contributed by atoms with Gasteiger partial charge in [0, 0.05) is 6.61 Å². The molecule has 1 aromatic heterocycles. The van der Waals surface area contributed by atoms with Gasteiger partial charge in [-0.3, -0.25) is 4.79 Å². The number of hydrogen-bond donors (Lipinski definition) is 1. The highest BCUT2D eigenvalue weighted by molar-refractivity contribution is 9.12. The summed E-state index contributed by atoms with van der Waals surface area (Å²) in [5, 5.41) is 2.99. The molecule has 1 fully saturated rings. The lowest BCUT2D eigenvalue weighted by atomic mass is 10.1. The molecule has 88 valence electrons. The van der Waals surface area contributed by atoms with E-state index in [1.54, 1.807) is 0 Å². The number of nitrogens with one attached hydrogen (secondary N) is 1. The van der Waals surface area contributed by atoms with Crippen LogP contribution in [0.25, 0.3) is 0 Å². The maximum Gasteiger partial charge on any atom is 0.253 e. The van der Waals surface area contributed by atoms with Gasteiger partial charge in [0.05, 0.1) is 25.3 Å². The summed E-state index contributed by atoms with van der Waals surface area (Å²) in [6, 6.07) is 1.95. The van der Waals surface area contributed by atoms with E-state index in [9.17, 15) is 4.79 Å². The first-order valence-corrected chi connectivity index (χ1v) is 7.35. The van der Waals surface area contributed by atoms with Crippen molar-refractivity contribution in [3.8, 4) is 0 Å². The summed E-state index contributed by atoms with van der Waals surface area (Å²) in [7, 11) is 0. The maximum absolute atomic E-state index is 12.0. The van der Waals surface area contributed by atoms with Gasteiger partial charge < -0.3 is 10.1 Å². The molecule has 0 radical (unpaired) electrons. The quantitative estimate of drug-likeness (QED) is 0.870. The Balaban J connectivity index is 2.05. The van der Waals surface area contributed by atoms with Crippen molar-refractivity contribution in [2.45, 2.75) is 25.5 Å². The van der Waals surface area contributed by atoms with Gasteiger partial charge in [-0.15, -0.1) is 11.3 Å². The molecule has 1 amide bonds. The molecule has 6 heteroatoms. The van der Waals surface area contributed by atoms with Crippen LogP contribution >= 0.6 is 43.2 Å². The minimum absolute atomic E-state index is 0.0452. The molecule has 1 saturated heterocycles. The predicted molar refractivity (Wildman–Crippen MR) is 71.0 cm³/mol. The molecule has 2 atom stereocenters. The molecule has 1 aromatic rings. The highest BCUT2D eigenvalue weighted by atomic mass is 79.9. The Morgan fingerprint density at radius 3 is 2.88 bits per heavy atom. The molecule has 2 rings (SSSR count). The molecule has 16 heavy (non-hydrogen) atoms. The normalized spacial score (nSPS) is 24.7. The number of amides is 1. The van der Waals surface area contributed by atoms with Crippen LogP contribution in [0.4, 0.5) is 0 Å². The number of hydrogen-bond acceptors (Lipinski definition) is 3. The van der Waals surface area contributed by atoms with Crippen LogP contribution in [0.2, 0.25) is 0 Å². The molecule has 0 saturated carbocycles. The first-order valence-electron chi connectivity index (χ1n) is 4.95. The van der Waals surface area contributed by atoms with Crippen molar-refractivity contribution in [3.63, 3.8) is 0 Å². The van der Waals surface area contributed by atoms with Gasteiger partial charge in [-0.05, 0) is 51.3 Å². The van der Waals surface area contributed by atoms with Gasteiger partial charge in [0.25, 0.3) is 5.91 Å². The van der Waals surface area contributed by atoms with Crippen molar-refractivity contribution >= 4 is 49.1 Å². The molecule has 0 spiro atoms. The van der Waals surface area contributed by atoms with E-state index in [2.05, 4.69) is 37.2 Å². The van der Waals surface area contributed by atoms with Crippen LogP contribution in [0.1, 0.15) is 23.7 Å². The van der Waals surface area contributed by atoms with Crippen LogP contribution in [0, 0.1) is 0 Å². The summed E-state index contributed by atoms with van der Waals surface area (Å²) in [4.78, 5) is 12.0. The second kappa shape index (κ2) is 5.16. The molecular weight excluding hydrogens is 358 g/mol. The Labute approximate surface area is 115 Å². The van der Waals surface area contributed by atoms with E-state index in [-0.39, 0.29) is 18.1 Å². The summed E-state index contributed by atoms with van der Waals surface area (Å²) < 4.78 is 7.20. The van der Waals surface area contributed by atoms with E-state index >= 15 is 0 Å². The first-order chi connectivity index (χ1) is 7.58. The van der Waals surface area contributed by atoms with Crippen LogP contribution in [0.5, 0.6) is 0 Å². The molecule has 1 aliphatic rings. The molecule has 0 bridgehead atoms. The van der Waals surface area contributed by atoms with Gasteiger partial charge in [-0.2, -0.15) is 0 Å². The standard InChI is InChI=1S/C10H11Br2NO2S/c1-5-7(2-3-15-5)13-10(14)6-4-8(11)16-9(6)12/h4-5,7H,2-3H2,1H3,(H,13,14). The third-order valence-electron chi connectivity index (χ3n) is 2.59. The molecule has 1 N–H and O–H groups in total. The van der Waals surface area contributed by atoms with E-state index in [4.69, 9.17) is 4.74 Å². The summed E-state index contributed by atoms with van der Waals surface area (Å²) >= 11 is 8.24. The van der Waals surface area contributed by atoms with Crippen LogP contribution in [-0.2, 0) is 4.74 Å². The number of carbonyl (C=O) groups is 1. The SMILES string of the molecule is CC1OCCC1NC(=O)c1cc(Br)sc1Br. The molecule has 0 aliphatic carbocycles. The molecule has 3 nitrogen and oxygen atoms in total. The third-order valence-corrected chi connectivity index (χ3v) is 4.93. The second-order valence-corrected chi connectivity index (χ2v) is 7.43. The fourth-order valence-corrected chi connectivity index (χ4v) is 4.46. The van der Waals surface area contributed by atoms with Crippen molar-refractivity contribution in [1.29, 1.82) is 0 Å². The van der Waals surface area contributed by atoms with Gasteiger partial charge in [0.15, 0.2) is 0 Å². The van der Waals surface area contributed by atoms with Crippen LogP contribution in [0.15, 0.2) is 13.6 Å². The zero-order valence-electron chi connectivity index (χ0n) is 8.63.